The molecule has 0 saturated carbocycles. The van der Waals surface area contributed by atoms with E-state index in [1.807, 2.05) is 20.8 Å². The zero-order chi connectivity index (χ0) is 31.6. The first-order valence-electron chi connectivity index (χ1n) is 14.1. The fraction of sp³-hybridized carbons (Fsp3) is 0.273. The van der Waals surface area contributed by atoms with E-state index in [4.69, 9.17) is 4.74 Å². The first-order chi connectivity index (χ1) is 20.9. The Morgan fingerprint density at radius 1 is 0.909 bits per heavy atom. The van der Waals surface area contributed by atoms with E-state index >= 15 is 4.39 Å². The van der Waals surface area contributed by atoms with Crippen LogP contribution >= 0.6 is 0 Å². The molecule has 0 unspecified atom stereocenters. The van der Waals surface area contributed by atoms with Crippen LogP contribution in [0.4, 0.5) is 26.0 Å². The normalized spacial score (nSPS) is 13.5. The van der Waals surface area contributed by atoms with Gasteiger partial charge in [0.15, 0.2) is 11.6 Å². The van der Waals surface area contributed by atoms with Crippen LogP contribution in [0.2, 0.25) is 0 Å². The molecule has 2 heterocycles. The maximum atomic E-state index is 15.7. The monoisotopic (exact) mass is 601 g/mol. The number of rotatable bonds is 6. The molecule has 11 heteroatoms. The van der Waals surface area contributed by atoms with Crippen molar-refractivity contribution >= 4 is 29.0 Å². The van der Waals surface area contributed by atoms with Gasteiger partial charge in [0.1, 0.15) is 11.5 Å². The zero-order valence-corrected chi connectivity index (χ0v) is 24.9. The van der Waals surface area contributed by atoms with E-state index in [2.05, 4.69) is 15.6 Å². The average molecular weight is 602 g/mol. The van der Waals surface area contributed by atoms with Crippen LogP contribution in [-0.2, 0) is 17.2 Å². The molecule has 1 aliphatic rings. The van der Waals surface area contributed by atoms with Gasteiger partial charge in [0, 0.05) is 48.7 Å². The number of nitrogens with zero attached hydrogens (tertiary/aromatic N) is 3. The second-order valence-corrected chi connectivity index (χ2v) is 11.6. The van der Waals surface area contributed by atoms with Crippen LogP contribution in [0.1, 0.15) is 47.1 Å². The molecule has 9 nitrogen and oxygen atoms in total. The number of benzene rings is 3. The van der Waals surface area contributed by atoms with Crippen molar-refractivity contribution in [3.8, 4) is 11.3 Å². The van der Waals surface area contributed by atoms with Crippen molar-refractivity contribution in [3.05, 3.63) is 106 Å². The Kier molecular flexibility index (Phi) is 8.59. The lowest BCUT2D eigenvalue weighted by Crippen LogP contribution is -2.40. The predicted molar refractivity (Wildman–Crippen MR) is 164 cm³/mol. The second-order valence-electron chi connectivity index (χ2n) is 11.6. The molecule has 44 heavy (non-hydrogen) atoms. The highest BCUT2D eigenvalue weighted by Crippen LogP contribution is 2.30. The minimum absolute atomic E-state index is 0.0382. The molecule has 2 amide bonds. The second kappa shape index (κ2) is 12.4. The van der Waals surface area contributed by atoms with E-state index in [-0.39, 0.29) is 34.0 Å². The van der Waals surface area contributed by atoms with Gasteiger partial charge in [-0.3, -0.25) is 14.4 Å². The van der Waals surface area contributed by atoms with Crippen molar-refractivity contribution in [2.75, 3.05) is 36.9 Å². The largest absolute Gasteiger partial charge is 0.378 e. The summed E-state index contributed by atoms with van der Waals surface area (Å²) >= 11 is 0. The summed E-state index contributed by atoms with van der Waals surface area (Å²) in [5, 5.41) is 5.27. The molecule has 1 fully saturated rings. The SMILES string of the molecule is Cn1cc(-c2ccc(F)c(NC(=O)c3ccc(C(C)(C)C)cc3)c2F)nc(Nc2ccc(C(=O)N3CCOCC3)cc2)c1=O. The summed E-state index contributed by atoms with van der Waals surface area (Å²) in [4.78, 5) is 44.6. The van der Waals surface area contributed by atoms with Crippen LogP contribution in [0.25, 0.3) is 11.3 Å². The smallest absolute Gasteiger partial charge is 0.293 e. The number of morpholine rings is 1. The van der Waals surface area contributed by atoms with E-state index in [1.54, 1.807) is 53.4 Å². The first kappa shape index (κ1) is 30.6. The first-order valence-corrected chi connectivity index (χ1v) is 14.1. The van der Waals surface area contributed by atoms with E-state index in [0.717, 1.165) is 11.6 Å². The molecule has 228 valence electrons. The number of hydrogen-bond acceptors (Lipinski definition) is 6. The third kappa shape index (κ3) is 6.52. The summed E-state index contributed by atoms with van der Waals surface area (Å²) in [6.07, 6.45) is 1.32. The summed E-state index contributed by atoms with van der Waals surface area (Å²) in [5.41, 5.74) is 0.906. The summed E-state index contributed by atoms with van der Waals surface area (Å²) in [6.45, 7) is 8.13. The minimum atomic E-state index is -1.03. The standard InChI is InChI=1S/C33H33F2N5O4/c1-33(2,3)22-9-5-20(6-10-22)30(41)38-28-25(34)14-13-24(27(28)35)26-19-39(4)32(43)29(37-26)36-23-11-7-21(8-12-23)31(42)40-15-17-44-18-16-40/h5-14,19H,15-18H2,1-4H3,(H,36,37)(H,38,41). The summed E-state index contributed by atoms with van der Waals surface area (Å²) < 4.78 is 37.0. The fourth-order valence-electron chi connectivity index (χ4n) is 4.77. The molecule has 2 N–H and O–H groups in total. The van der Waals surface area contributed by atoms with Crippen molar-refractivity contribution in [1.29, 1.82) is 0 Å². The van der Waals surface area contributed by atoms with Crippen LogP contribution in [0.15, 0.2) is 71.7 Å². The fourth-order valence-corrected chi connectivity index (χ4v) is 4.77. The van der Waals surface area contributed by atoms with Gasteiger partial charge in [-0.05, 0) is 59.5 Å². The molecule has 1 aromatic heterocycles. The molecule has 4 aromatic rings. The minimum Gasteiger partial charge on any atom is -0.378 e. The molecular formula is C33H33F2N5O4. The van der Waals surface area contributed by atoms with Gasteiger partial charge in [-0.2, -0.15) is 0 Å². The molecule has 0 bridgehead atoms. The lowest BCUT2D eigenvalue weighted by Gasteiger charge is -2.26. The number of hydrogen-bond donors (Lipinski definition) is 2. The van der Waals surface area contributed by atoms with Crippen LogP contribution in [0.5, 0.6) is 0 Å². The third-order valence-electron chi connectivity index (χ3n) is 7.38. The number of aromatic nitrogens is 2. The van der Waals surface area contributed by atoms with E-state index < -0.39 is 28.8 Å². The van der Waals surface area contributed by atoms with Gasteiger partial charge in [0.05, 0.1) is 18.9 Å². The summed E-state index contributed by atoms with van der Waals surface area (Å²) in [7, 11) is 1.48. The van der Waals surface area contributed by atoms with Gasteiger partial charge in [-0.25, -0.2) is 13.8 Å². The average Bonchev–Trinajstić information content (AvgIpc) is 3.01. The Hall–Kier alpha value is -4.90. The Morgan fingerprint density at radius 2 is 1.55 bits per heavy atom. The molecule has 0 spiro atoms. The highest BCUT2D eigenvalue weighted by atomic mass is 19.1. The lowest BCUT2D eigenvalue weighted by atomic mass is 9.87. The zero-order valence-electron chi connectivity index (χ0n) is 24.9. The van der Waals surface area contributed by atoms with Crippen LogP contribution in [-0.4, -0.2) is 52.6 Å². The van der Waals surface area contributed by atoms with Crippen LogP contribution < -0.4 is 16.2 Å². The van der Waals surface area contributed by atoms with Crippen molar-refractivity contribution < 1.29 is 23.1 Å². The highest BCUT2D eigenvalue weighted by molar-refractivity contribution is 6.04. The van der Waals surface area contributed by atoms with Crippen molar-refractivity contribution in [2.24, 2.45) is 7.05 Å². The van der Waals surface area contributed by atoms with Gasteiger partial charge in [-0.15, -0.1) is 0 Å². The Morgan fingerprint density at radius 3 is 2.18 bits per heavy atom. The molecule has 1 aliphatic heterocycles. The summed E-state index contributed by atoms with van der Waals surface area (Å²) in [6, 6.07) is 15.6. The third-order valence-corrected chi connectivity index (χ3v) is 7.38. The number of halogens is 2. The molecule has 0 atom stereocenters. The number of anilines is 3. The number of amides is 2. The predicted octanol–water partition coefficient (Wildman–Crippen LogP) is 5.49. The lowest BCUT2D eigenvalue weighted by molar-refractivity contribution is 0.0303. The Bertz CT molecular complexity index is 1760. The van der Waals surface area contributed by atoms with E-state index in [9.17, 15) is 18.8 Å². The maximum Gasteiger partial charge on any atom is 0.293 e. The highest BCUT2D eigenvalue weighted by Gasteiger charge is 2.22. The topological polar surface area (TPSA) is 106 Å². The Balaban J connectivity index is 1.38. The molecule has 0 aliphatic carbocycles. The van der Waals surface area contributed by atoms with E-state index in [0.29, 0.717) is 37.6 Å². The van der Waals surface area contributed by atoms with Gasteiger partial charge >= 0.3 is 0 Å². The summed E-state index contributed by atoms with van der Waals surface area (Å²) in [5.74, 6) is -2.89. The Labute approximate surface area is 253 Å². The van der Waals surface area contributed by atoms with Crippen LogP contribution in [0.3, 0.4) is 0 Å². The van der Waals surface area contributed by atoms with Gasteiger partial charge in [0.25, 0.3) is 17.4 Å². The molecule has 1 saturated heterocycles. The van der Waals surface area contributed by atoms with Crippen LogP contribution in [0, 0.1) is 11.6 Å². The number of ether oxygens (including phenoxy) is 1. The van der Waals surface area contributed by atoms with Crippen molar-refractivity contribution in [3.63, 3.8) is 0 Å². The van der Waals surface area contributed by atoms with Gasteiger partial charge in [-0.1, -0.05) is 32.9 Å². The maximum absolute atomic E-state index is 15.7. The molecule has 5 rings (SSSR count). The number of carbonyl (C=O) groups is 2. The number of nitrogens with one attached hydrogen (secondary N) is 2. The van der Waals surface area contributed by atoms with Gasteiger partial charge < -0.3 is 24.8 Å². The molecule has 3 aromatic carbocycles. The number of aryl methyl sites for hydroxylation is 1. The number of carbonyl (C=O) groups excluding carboxylic acids is 2. The quantitative estimate of drug-likeness (QED) is 0.303. The molecule has 0 radical (unpaired) electrons. The van der Waals surface area contributed by atoms with E-state index in [1.165, 1.54) is 23.9 Å². The van der Waals surface area contributed by atoms with Gasteiger partial charge in [0.2, 0.25) is 0 Å². The van der Waals surface area contributed by atoms with Crippen molar-refractivity contribution in [1.82, 2.24) is 14.5 Å². The van der Waals surface area contributed by atoms with Crippen molar-refractivity contribution in [2.45, 2.75) is 26.2 Å². The molecular weight excluding hydrogens is 568 g/mol.